The molecule has 0 amide bonds. The number of anilines is 1. The van der Waals surface area contributed by atoms with E-state index in [0.717, 1.165) is 17.7 Å². The summed E-state index contributed by atoms with van der Waals surface area (Å²) in [5.41, 5.74) is 0.354. The highest BCUT2D eigenvalue weighted by molar-refractivity contribution is 7.92. The summed E-state index contributed by atoms with van der Waals surface area (Å²) in [6.45, 7) is 0. The van der Waals surface area contributed by atoms with Crippen molar-refractivity contribution < 1.29 is 21.6 Å². The minimum atomic E-state index is -4.05. The highest BCUT2D eigenvalue weighted by atomic mass is 32.2. The highest BCUT2D eigenvalue weighted by Crippen LogP contribution is 2.34. The first kappa shape index (κ1) is 19.8. The zero-order valence-corrected chi connectivity index (χ0v) is 16.4. The Hall–Kier alpha value is -3.52. The molecule has 1 aromatic heterocycles. The summed E-state index contributed by atoms with van der Waals surface area (Å²) in [6, 6.07) is 20.1. The van der Waals surface area contributed by atoms with E-state index in [1.165, 1.54) is 18.2 Å². The van der Waals surface area contributed by atoms with E-state index < -0.39 is 27.2 Å². The Kier molecular flexibility index (Phi) is 5.33. The van der Waals surface area contributed by atoms with Crippen molar-refractivity contribution in [2.45, 2.75) is 11.3 Å². The van der Waals surface area contributed by atoms with E-state index in [0.29, 0.717) is 0 Å². The van der Waals surface area contributed by atoms with Gasteiger partial charge < -0.3 is 4.42 Å². The molecule has 0 saturated heterocycles. The third-order valence-electron chi connectivity index (χ3n) is 4.34. The molecule has 3 aromatic carbocycles. The van der Waals surface area contributed by atoms with Gasteiger partial charge in [0.05, 0.1) is 10.5 Å². The standard InChI is InChI=1S/C22H16F2N2O3S/c23-17-12-7-13-18(24)20(17)21-22(26-30(27,28)16-10-5-2-6-11-16)25-19(29-21)14-15-8-3-1-4-9-15/h1-13,26H,14H2. The number of nitrogens with one attached hydrogen (secondary N) is 1. The lowest BCUT2D eigenvalue weighted by atomic mass is 10.1. The molecule has 0 radical (unpaired) electrons. The van der Waals surface area contributed by atoms with Gasteiger partial charge in [0, 0.05) is 6.42 Å². The topological polar surface area (TPSA) is 72.2 Å². The Morgan fingerprint density at radius 2 is 1.43 bits per heavy atom. The van der Waals surface area contributed by atoms with Crippen molar-refractivity contribution in [2.75, 3.05) is 4.72 Å². The molecule has 0 aliphatic rings. The zero-order valence-electron chi connectivity index (χ0n) is 15.5. The SMILES string of the molecule is O=S(=O)(Nc1nc(Cc2ccccc2)oc1-c1c(F)cccc1F)c1ccccc1. The van der Waals surface area contributed by atoms with Crippen molar-refractivity contribution >= 4 is 15.8 Å². The summed E-state index contributed by atoms with van der Waals surface area (Å²) < 4.78 is 62.2. The Labute approximate surface area is 172 Å². The van der Waals surface area contributed by atoms with Gasteiger partial charge in [0.1, 0.15) is 11.6 Å². The van der Waals surface area contributed by atoms with Crippen LogP contribution in [0, 0.1) is 11.6 Å². The number of hydrogen-bond donors (Lipinski definition) is 1. The predicted octanol–water partition coefficient (Wildman–Crippen LogP) is 5.01. The first-order valence-electron chi connectivity index (χ1n) is 9.00. The van der Waals surface area contributed by atoms with Crippen LogP contribution in [0.25, 0.3) is 11.3 Å². The zero-order chi connectivity index (χ0) is 21.1. The van der Waals surface area contributed by atoms with Gasteiger partial charge in [-0.05, 0) is 29.8 Å². The molecule has 0 atom stereocenters. The van der Waals surface area contributed by atoms with Crippen LogP contribution in [0.1, 0.15) is 11.5 Å². The van der Waals surface area contributed by atoms with Gasteiger partial charge in [-0.3, -0.25) is 4.72 Å². The van der Waals surface area contributed by atoms with Crippen LogP contribution in [0.3, 0.4) is 0 Å². The quantitative estimate of drug-likeness (QED) is 0.470. The number of sulfonamides is 1. The molecule has 4 rings (SSSR count). The summed E-state index contributed by atoms with van der Waals surface area (Å²) in [6.07, 6.45) is 0.219. The Balaban J connectivity index is 1.80. The maximum atomic E-state index is 14.4. The van der Waals surface area contributed by atoms with E-state index in [4.69, 9.17) is 4.42 Å². The molecule has 0 aliphatic carbocycles. The predicted molar refractivity (Wildman–Crippen MR) is 108 cm³/mol. The van der Waals surface area contributed by atoms with Gasteiger partial charge in [-0.25, -0.2) is 17.2 Å². The Bertz CT molecular complexity index is 1250. The van der Waals surface area contributed by atoms with Crippen molar-refractivity contribution in [2.24, 2.45) is 0 Å². The second-order valence-electron chi connectivity index (χ2n) is 6.46. The van der Waals surface area contributed by atoms with Crippen molar-refractivity contribution in [3.8, 4) is 11.3 Å². The lowest BCUT2D eigenvalue weighted by Crippen LogP contribution is -2.14. The number of benzene rings is 3. The number of halogens is 2. The fourth-order valence-electron chi connectivity index (χ4n) is 2.95. The van der Waals surface area contributed by atoms with Crippen LogP contribution in [0.5, 0.6) is 0 Å². The largest absolute Gasteiger partial charge is 0.438 e. The van der Waals surface area contributed by atoms with Crippen LogP contribution in [0.2, 0.25) is 0 Å². The second kappa shape index (κ2) is 8.08. The average molecular weight is 426 g/mol. The number of oxazole rings is 1. The molecule has 4 aromatic rings. The third kappa shape index (κ3) is 4.08. The van der Waals surface area contributed by atoms with Gasteiger partial charge in [-0.2, -0.15) is 4.98 Å². The molecular formula is C22H16F2N2O3S. The van der Waals surface area contributed by atoms with Gasteiger partial charge >= 0.3 is 0 Å². The van der Waals surface area contributed by atoms with Gasteiger partial charge in [0.15, 0.2) is 11.6 Å². The molecule has 30 heavy (non-hydrogen) atoms. The molecule has 1 N–H and O–H groups in total. The molecule has 5 nitrogen and oxygen atoms in total. The minimum absolute atomic E-state index is 0.0161. The van der Waals surface area contributed by atoms with Crippen LogP contribution in [0.15, 0.2) is 88.2 Å². The van der Waals surface area contributed by atoms with Crippen molar-refractivity contribution in [1.82, 2.24) is 4.98 Å². The third-order valence-corrected chi connectivity index (χ3v) is 5.70. The molecule has 0 aliphatic heterocycles. The Morgan fingerprint density at radius 1 is 0.833 bits per heavy atom. The normalized spacial score (nSPS) is 11.4. The van der Waals surface area contributed by atoms with Crippen molar-refractivity contribution in [3.05, 3.63) is 102 Å². The molecule has 0 spiro atoms. The Morgan fingerprint density at radius 3 is 2.07 bits per heavy atom. The first-order chi connectivity index (χ1) is 14.4. The molecule has 0 saturated carbocycles. The lowest BCUT2D eigenvalue weighted by molar-refractivity contribution is 0.506. The van der Waals surface area contributed by atoms with Gasteiger partial charge in [-0.15, -0.1) is 0 Å². The van der Waals surface area contributed by atoms with Crippen LogP contribution in [0.4, 0.5) is 14.6 Å². The van der Waals surface area contributed by atoms with Crippen LogP contribution in [-0.4, -0.2) is 13.4 Å². The van der Waals surface area contributed by atoms with Crippen LogP contribution < -0.4 is 4.72 Å². The van der Waals surface area contributed by atoms with E-state index in [2.05, 4.69) is 9.71 Å². The molecule has 0 unspecified atom stereocenters. The lowest BCUT2D eigenvalue weighted by Gasteiger charge is -2.07. The molecule has 0 fully saturated rings. The van der Waals surface area contributed by atoms with Crippen molar-refractivity contribution in [1.29, 1.82) is 0 Å². The minimum Gasteiger partial charge on any atom is -0.438 e. The van der Waals surface area contributed by atoms with Crippen molar-refractivity contribution in [3.63, 3.8) is 0 Å². The molecule has 8 heteroatoms. The number of nitrogens with zero attached hydrogens (tertiary/aromatic N) is 1. The number of aromatic nitrogens is 1. The molecule has 152 valence electrons. The van der Waals surface area contributed by atoms with Crippen LogP contribution in [-0.2, 0) is 16.4 Å². The average Bonchev–Trinajstić information content (AvgIpc) is 3.10. The summed E-state index contributed by atoms with van der Waals surface area (Å²) in [7, 11) is -4.05. The van der Waals surface area contributed by atoms with E-state index >= 15 is 0 Å². The first-order valence-corrected chi connectivity index (χ1v) is 10.5. The highest BCUT2D eigenvalue weighted by Gasteiger charge is 2.25. The summed E-state index contributed by atoms with van der Waals surface area (Å²) in [5, 5.41) is 0. The fraction of sp³-hybridized carbons (Fsp3) is 0.0455. The smallest absolute Gasteiger partial charge is 0.263 e. The number of rotatable bonds is 6. The summed E-state index contributed by atoms with van der Waals surface area (Å²) in [5.74, 6) is -2.27. The monoisotopic (exact) mass is 426 g/mol. The fourth-order valence-corrected chi connectivity index (χ4v) is 3.98. The van der Waals surface area contributed by atoms with E-state index in [1.54, 1.807) is 18.2 Å². The van der Waals surface area contributed by atoms with Crippen LogP contribution >= 0.6 is 0 Å². The maximum Gasteiger partial charge on any atom is 0.263 e. The molecular weight excluding hydrogens is 410 g/mol. The maximum absolute atomic E-state index is 14.4. The molecule has 1 heterocycles. The van der Waals surface area contributed by atoms with Gasteiger partial charge in [-0.1, -0.05) is 54.6 Å². The summed E-state index contributed by atoms with van der Waals surface area (Å²) in [4.78, 5) is 4.17. The molecule has 0 bridgehead atoms. The van der Waals surface area contributed by atoms with E-state index in [1.807, 2.05) is 30.3 Å². The number of hydrogen-bond acceptors (Lipinski definition) is 4. The van der Waals surface area contributed by atoms with Gasteiger partial charge in [0.25, 0.3) is 10.0 Å². The summed E-state index contributed by atoms with van der Waals surface area (Å²) >= 11 is 0. The van der Waals surface area contributed by atoms with Gasteiger partial charge in [0.2, 0.25) is 5.89 Å². The second-order valence-corrected chi connectivity index (χ2v) is 8.15. The van der Waals surface area contributed by atoms with E-state index in [-0.39, 0.29) is 28.8 Å². The van der Waals surface area contributed by atoms with E-state index in [9.17, 15) is 17.2 Å².